The smallest absolute Gasteiger partial charge is 0.335 e. The lowest BCUT2D eigenvalue weighted by Gasteiger charge is -2.38. The predicted octanol–water partition coefficient (Wildman–Crippen LogP) is 10.5. The Balaban J connectivity index is 2.35. The molecule has 0 amide bonds. The normalized spacial score (nSPS) is 20.2. The molecule has 1 saturated heterocycles. The fraction of sp³-hybridized carbons (Fsp3) is 0.776. The van der Waals surface area contributed by atoms with Gasteiger partial charge in [0.05, 0.1) is 6.61 Å². The number of rotatable bonds is 39. The van der Waals surface area contributed by atoms with Crippen molar-refractivity contribution in [1.29, 1.82) is 0 Å². The summed E-state index contributed by atoms with van der Waals surface area (Å²) in [6.45, 7) is 3.75. The van der Waals surface area contributed by atoms with Crippen molar-refractivity contribution < 1.29 is 53.8 Å². The van der Waals surface area contributed by atoms with Crippen molar-refractivity contribution >= 4 is 17.9 Å². The highest BCUT2D eigenvalue weighted by molar-refractivity contribution is 5.73. The standard InChI is InChI=1S/C49H84O11/c1-3-5-7-9-11-13-15-17-19-20-21-22-24-25-27-29-31-33-35-37-42(50)57-39-41(40-58-49-46(54)44(52)45(53)47(60-49)48(55)56)59-43(51)38-36-34-32-30-28-26-23-18-16-14-12-10-8-6-4-2/h11-14,17-19,23,41,44-47,49,52-54H,3-10,15-16,20-22,24-40H2,1-2H3,(H,55,56)/b13-11-,14-12-,19-17-,23-18-. The van der Waals surface area contributed by atoms with Crippen LogP contribution >= 0.6 is 0 Å². The van der Waals surface area contributed by atoms with E-state index in [9.17, 15) is 34.8 Å². The van der Waals surface area contributed by atoms with Gasteiger partial charge in [0, 0.05) is 12.8 Å². The van der Waals surface area contributed by atoms with E-state index in [1.54, 1.807) is 0 Å². The van der Waals surface area contributed by atoms with E-state index in [0.29, 0.717) is 12.8 Å². The number of carboxylic acids is 1. The summed E-state index contributed by atoms with van der Waals surface area (Å²) >= 11 is 0. The summed E-state index contributed by atoms with van der Waals surface area (Å²) in [4.78, 5) is 36.9. The topological polar surface area (TPSA) is 169 Å². The number of hydrogen-bond donors (Lipinski definition) is 4. The second kappa shape index (κ2) is 39.0. The molecule has 6 unspecified atom stereocenters. The van der Waals surface area contributed by atoms with Crippen LogP contribution in [0, 0.1) is 0 Å². The average Bonchev–Trinajstić information content (AvgIpc) is 3.23. The van der Waals surface area contributed by atoms with Crippen LogP contribution in [-0.2, 0) is 33.3 Å². The van der Waals surface area contributed by atoms with Gasteiger partial charge in [0.2, 0.25) is 0 Å². The first-order chi connectivity index (χ1) is 29.2. The van der Waals surface area contributed by atoms with Gasteiger partial charge >= 0.3 is 17.9 Å². The van der Waals surface area contributed by atoms with E-state index in [-0.39, 0.29) is 19.4 Å². The Labute approximate surface area is 363 Å². The number of carbonyl (C=O) groups excluding carboxylic acids is 2. The third kappa shape index (κ3) is 30.2. The Bertz CT molecular complexity index is 1180. The summed E-state index contributed by atoms with van der Waals surface area (Å²) in [6, 6.07) is 0. The lowest BCUT2D eigenvalue weighted by atomic mass is 9.99. The van der Waals surface area contributed by atoms with E-state index in [0.717, 1.165) is 77.0 Å². The first-order valence-corrected chi connectivity index (χ1v) is 23.7. The Morgan fingerprint density at radius 1 is 0.517 bits per heavy atom. The highest BCUT2D eigenvalue weighted by atomic mass is 16.7. The maximum atomic E-state index is 12.8. The van der Waals surface area contributed by atoms with E-state index in [1.807, 2.05) is 0 Å². The molecule has 1 aliphatic rings. The molecule has 0 bridgehead atoms. The molecule has 0 saturated carbocycles. The number of ether oxygens (including phenoxy) is 4. The molecule has 60 heavy (non-hydrogen) atoms. The van der Waals surface area contributed by atoms with Gasteiger partial charge in [-0.25, -0.2) is 4.79 Å². The summed E-state index contributed by atoms with van der Waals surface area (Å²) in [5, 5.41) is 39.8. The third-order valence-electron chi connectivity index (χ3n) is 10.7. The molecular formula is C49H84O11. The van der Waals surface area contributed by atoms with Gasteiger partial charge in [-0.3, -0.25) is 9.59 Å². The van der Waals surface area contributed by atoms with Crippen LogP contribution in [0.25, 0.3) is 0 Å². The minimum absolute atomic E-state index is 0.165. The van der Waals surface area contributed by atoms with Crippen LogP contribution in [0.2, 0.25) is 0 Å². The maximum absolute atomic E-state index is 12.8. The molecule has 1 heterocycles. The van der Waals surface area contributed by atoms with Gasteiger partial charge in [0.1, 0.15) is 24.9 Å². The highest BCUT2D eigenvalue weighted by Gasteiger charge is 2.47. The summed E-state index contributed by atoms with van der Waals surface area (Å²) in [5.41, 5.74) is 0. The lowest BCUT2D eigenvalue weighted by Crippen LogP contribution is -2.60. The number of aliphatic hydroxyl groups excluding tert-OH is 3. The van der Waals surface area contributed by atoms with E-state index >= 15 is 0 Å². The monoisotopic (exact) mass is 849 g/mol. The van der Waals surface area contributed by atoms with Crippen molar-refractivity contribution in [2.24, 2.45) is 0 Å². The van der Waals surface area contributed by atoms with Gasteiger partial charge in [0.25, 0.3) is 0 Å². The molecule has 0 spiro atoms. The van der Waals surface area contributed by atoms with E-state index in [2.05, 4.69) is 62.5 Å². The fourth-order valence-corrected chi connectivity index (χ4v) is 6.88. The van der Waals surface area contributed by atoms with Crippen molar-refractivity contribution in [2.75, 3.05) is 13.2 Å². The molecule has 11 heteroatoms. The summed E-state index contributed by atoms with van der Waals surface area (Å²) < 4.78 is 21.7. The maximum Gasteiger partial charge on any atom is 0.335 e. The number of allylic oxidation sites excluding steroid dienone is 8. The van der Waals surface area contributed by atoms with Crippen molar-refractivity contribution in [3.63, 3.8) is 0 Å². The fourth-order valence-electron chi connectivity index (χ4n) is 6.88. The Morgan fingerprint density at radius 2 is 0.933 bits per heavy atom. The zero-order chi connectivity index (χ0) is 43.9. The van der Waals surface area contributed by atoms with Gasteiger partial charge in [-0.2, -0.15) is 0 Å². The Morgan fingerprint density at radius 3 is 1.38 bits per heavy atom. The van der Waals surface area contributed by atoms with Crippen molar-refractivity contribution in [3.05, 3.63) is 48.6 Å². The second-order valence-electron chi connectivity index (χ2n) is 16.2. The van der Waals surface area contributed by atoms with Crippen LogP contribution < -0.4 is 0 Å². The molecule has 11 nitrogen and oxygen atoms in total. The van der Waals surface area contributed by atoms with Crippen LogP contribution in [0.4, 0.5) is 0 Å². The number of unbranched alkanes of at least 4 members (excludes halogenated alkanes) is 20. The quantitative estimate of drug-likeness (QED) is 0.0264. The summed E-state index contributed by atoms with van der Waals surface area (Å²) in [7, 11) is 0. The van der Waals surface area contributed by atoms with Crippen LogP contribution in [0.1, 0.15) is 194 Å². The van der Waals surface area contributed by atoms with E-state index in [1.165, 1.54) is 77.0 Å². The van der Waals surface area contributed by atoms with Crippen LogP contribution in [-0.4, -0.2) is 88.4 Å². The molecule has 0 aromatic carbocycles. The highest BCUT2D eigenvalue weighted by Crippen LogP contribution is 2.23. The molecule has 4 N–H and O–H groups in total. The lowest BCUT2D eigenvalue weighted by molar-refractivity contribution is -0.298. The minimum atomic E-state index is -1.86. The number of carbonyl (C=O) groups is 3. The van der Waals surface area contributed by atoms with Crippen LogP contribution in [0.15, 0.2) is 48.6 Å². The molecule has 0 aliphatic carbocycles. The number of aliphatic carboxylic acids is 1. The van der Waals surface area contributed by atoms with E-state index < -0.39 is 61.3 Å². The molecule has 346 valence electrons. The molecule has 0 radical (unpaired) electrons. The van der Waals surface area contributed by atoms with Crippen LogP contribution in [0.5, 0.6) is 0 Å². The number of carboxylic acid groups (broad SMARTS) is 1. The largest absolute Gasteiger partial charge is 0.479 e. The molecule has 0 aromatic rings. The summed E-state index contributed by atoms with van der Waals surface area (Å²) in [5.74, 6) is -2.47. The predicted molar refractivity (Wildman–Crippen MR) is 238 cm³/mol. The zero-order valence-corrected chi connectivity index (χ0v) is 37.4. The third-order valence-corrected chi connectivity index (χ3v) is 10.7. The molecular weight excluding hydrogens is 765 g/mol. The molecule has 1 fully saturated rings. The van der Waals surface area contributed by atoms with Gasteiger partial charge < -0.3 is 39.4 Å². The SMILES string of the molecule is CCCCC/C=C\C/C=C\CCCCCCCCCCCC(=O)OCC(COC1OC(C(=O)O)C(O)C(O)C1O)OC(=O)CCCCCCC/C=C\C/C=C\CCCCC. The summed E-state index contributed by atoms with van der Waals surface area (Å²) in [6.07, 6.45) is 37.2. The Kier molecular flexibility index (Phi) is 35.9. The second-order valence-corrected chi connectivity index (χ2v) is 16.2. The van der Waals surface area contributed by atoms with Crippen LogP contribution in [0.3, 0.4) is 0 Å². The molecule has 0 aromatic heterocycles. The van der Waals surface area contributed by atoms with Gasteiger partial charge in [-0.15, -0.1) is 0 Å². The number of aliphatic hydroxyl groups is 3. The first-order valence-electron chi connectivity index (χ1n) is 23.7. The molecule has 6 atom stereocenters. The van der Waals surface area contributed by atoms with Gasteiger partial charge in [-0.1, -0.05) is 152 Å². The minimum Gasteiger partial charge on any atom is -0.479 e. The van der Waals surface area contributed by atoms with Gasteiger partial charge in [-0.05, 0) is 77.0 Å². The van der Waals surface area contributed by atoms with Crippen molar-refractivity contribution in [1.82, 2.24) is 0 Å². The molecule has 1 aliphatic heterocycles. The zero-order valence-electron chi connectivity index (χ0n) is 37.4. The average molecular weight is 849 g/mol. The van der Waals surface area contributed by atoms with Crippen molar-refractivity contribution in [2.45, 2.75) is 230 Å². The van der Waals surface area contributed by atoms with Crippen molar-refractivity contribution in [3.8, 4) is 0 Å². The molecule has 1 rings (SSSR count). The first kappa shape index (κ1) is 55.2. The Hall–Kier alpha value is -2.83. The number of hydrogen-bond acceptors (Lipinski definition) is 10. The van der Waals surface area contributed by atoms with E-state index in [4.69, 9.17) is 18.9 Å². The number of esters is 2. The van der Waals surface area contributed by atoms with Gasteiger partial charge in [0.15, 0.2) is 18.5 Å².